The Labute approximate surface area is 160 Å². The van der Waals surface area contributed by atoms with E-state index in [4.69, 9.17) is 21.1 Å². The standard InChI is InChI=1S/C20H16ClNO5/c1-26-18(12-6-4-3-5-7-12)17-14-9-8-13(20(25)27-2)10-15(14)22(19(17)24)16(23)11-21/h3-10H,11H2,1-2H3/b18-17+. The third kappa shape index (κ3) is 3.19. The number of rotatable bonds is 4. The number of amides is 2. The highest BCUT2D eigenvalue weighted by Crippen LogP contribution is 2.41. The van der Waals surface area contributed by atoms with Gasteiger partial charge in [-0.15, -0.1) is 11.6 Å². The van der Waals surface area contributed by atoms with Gasteiger partial charge in [0.25, 0.3) is 5.91 Å². The number of hydrogen-bond acceptors (Lipinski definition) is 5. The first-order chi connectivity index (χ1) is 13.0. The lowest BCUT2D eigenvalue weighted by Gasteiger charge is -2.14. The highest BCUT2D eigenvalue weighted by atomic mass is 35.5. The van der Waals surface area contributed by atoms with Crippen molar-refractivity contribution >= 4 is 46.4 Å². The molecule has 0 bridgehead atoms. The minimum Gasteiger partial charge on any atom is -0.495 e. The Bertz CT molecular complexity index is 952. The first kappa shape index (κ1) is 18.7. The Balaban J connectivity index is 2.27. The molecule has 138 valence electrons. The molecule has 0 saturated carbocycles. The Morgan fingerprint density at radius 3 is 2.30 bits per heavy atom. The molecule has 27 heavy (non-hydrogen) atoms. The zero-order chi connectivity index (χ0) is 19.6. The Hall–Kier alpha value is -3.12. The molecule has 3 rings (SSSR count). The smallest absolute Gasteiger partial charge is 0.337 e. The first-order valence-electron chi connectivity index (χ1n) is 8.03. The number of hydrogen-bond donors (Lipinski definition) is 0. The van der Waals surface area contributed by atoms with Crippen LogP contribution < -0.4 is 4.90 Å². The molecule has 0 spiro atoms. The number of halogens is 1. The molecular formula is C20H16ClNO5. The van der Waals surface area contributed by atoms with Gasteiger partial charge in [0.1, 0.15) is 11.6 Å². The van der Waals surface area contributed by atoms with Crippen molar-refractivity contribution in [2.24, 2.45) is 0 Å². The summed E-state index contributed by atoms with van der Waals surface area (Å²) < 4.78 is 10.2. The number of imide groups is 1. The van der Waals surface area contributed by atoms with Gasteiger partial charge >= 0.3 is 5.97 Å². The molecule has 0 radical (unpaired) electrons. The summed E-state index contributed by atoms with van der Waals surface area (Å²) >= 11 is 5.69. The first-order valence-corrected chi connectivity index (χ1v) is 8.56. The maximum absolute atomic E-state index is 13.1. The van der Waals surface area contributed by atoms with Gasteiger partial charge in [-0.05, 0) is 12.1 Å². The molecule has 0 fully saturated rings. The van der Waals surface area contributed by atoms with E-state index in [1.54, 1.807) is 18.2 Å². The van der Waals surface area contributed by atoms with Crippen molar-refractivity contribution in [3.8, 4) is 0 Å². The summed E-state index contributed by atoms with van der Waals surface area (Å²) in [4.78, 5) is 38.2. The van der Waals surface area contributed by atoms with Gasteiger partial charge in [-0.1, -0.05) is 36.4 Å². The number of fused-ring (bicyclic) bond motifs is 1. The Kier molecular flexibility index (Phi) is 5.28. The normalized spacial score (nSPS) is 14.6. The second kappa shape index (κ2) is 7.63. The van der Waals surface area contributed by atoms with Crippen LogP contribution in [0.3, 0.4) is 0 Å². The number of alkyl halides is 1. The lowest BCUT2D eigenvalue weighted by atomic mass is 10.0. The van der Waals surface area contributed by atoms with Crippen molar-refractivity contribution in [1.29, 1.82) is 0 Å². The summed E-state index contributed by atoms with van der Waals surface area (Å²) in [6, 6.07) is 13.6. The zero-order valence-electron chi connectivity index (χ0n) is 14.7. The van der Waals surface area contributed by atoms with E-state index in [0.29, 0.717) is 16.9 Å². The van der Waals surface area contributed by atoms with Crippen LogP contribution >= 0.6 is 11.6 Å². The number of nitrogens with zero attached hydrogens (tertiary/aromatic N) is 1. The van der Waals surface area contributed by atoms with E-state index in [1.165, 1.54) is 26.4 Å². The molecular weight excluding hydrogens is 370 g/mol. The molecule has 6 nitrogen and oxygen atoms in total. The molecule has 0 saturated heterocycles. The van der Waals surface area contributed by atoms with Gasteiger partial charge in [0.2, 0.25) is 5.91 Å². The second-order valence-corrected chi connectivity index (χ2v) is 5.93. The zero-order valence-corrected chi connectivity index (χ0v) is 15.4. The molecule has 0 unspecified atom stereocenters. The fraction of sp³-hybridized carbons (Fsp3) is 0.150. The summed E-state index contributed by atoms with van der Waals surface area (Å²) in [5.74, 6) is -1.77. The number of carbonyl (C=O) groups is 3. The van der Waals surface area contributed by atoms with Crippen LogP contribution in [-0.2, 0) is 19.1 Å². The monoisotopic (exact) mass is 385 g/mol. The quantitative estimate of drug-likeness (QED) is 0.350. The van der Waals surface area contributed by atoms with E-state index in [9.17, 15) is 14.4 Å². The molecule has 0 aliphatic carbocycles. The van der Waals surface area contributed by atoms with Crippen LogP contribution in [0.25, 0.3) is 11.3 Å². The molecule has 7 heteroatoms. The molecule has 2 amide bonds. The van der Waals surface area contributed by atoms with Crippen LogP contribution in [0.5, 0.6) is 0 Å². The predicted octanol–water partition coefficient (Wildman–Crippen LogP) is 3.10. The predicted molar refractivity (Wildman–Crippen MR) is 101 cm³/mol. The topological polar surface area (TPSA) is 72.9 Å². The van der Waals surface area contributed by atoms with E-state index in [-0.39, 0.29) is 22.7 Å². The number of ether oxygens (including phenoxy) is 2. The molecule has 0 aromatic heterocycles. The lowest BCUT2D eigenvalue weighted by Crippen LogP contribution is -2.34. The highest BCUT2D eigenvalue weighted by Gasteiger charge is 2.39. The number of esters is 1. The summed E-state index contributed by atoms with van der Waals surface area (Å²) in [6.45, 7) is 0. The highest BCUT2D eigenvalue weighted by molar-refractivity contribution is 6.46. The summed E-state index contributed by atoms with van der Waals surface area (Å²) in [6.07, 6.45) is 0. The van der Waals surface area contributed by atoms with E-state index < -0.39 is 17.8 Å². The Morgan fingerprint density at radius 2 is 1.70 bits per heavy atom. The number of anilines is 1. The van der Waals surface area contributed by atoms with Crippen LogP contribution in [-0.4, -0.2) is 37.9 Å². The average molecular weight is 386 g/mol. The van der Waals surface area contributed by atoms with Crippen molar-refractivity contribution in [2.75, 3.05) is 25.0 Å². The van der Waals surface area contributed by atoms with Crippen molar-refractivity contribution in [3.05, 3.63) is 65.2 Å². The van der Waals surface area contributed by atoms with Crippen LogP contribution in [0.2, 0.25) is 0 Å². The molecule has 1 aliphatic heterocycles. The maximum Gasteiger partial charge on any atom is 0.337 e. The Morgan fingerprint density at radius 1 is 1.00 bits per heavy atom. The fourth-order valence-electron chi connectivity index (χ4n) is 2.99. The van der Waals surface area contributed by atoms with Crippen LogP contribution in [0.4, 0.5) is 5.69 Å². The molecule has 1 heterocycles. The number of benzene rings is 2. The molecule has 2 aromatic carbocycles. The van der Waals surface area contributed by atoms with Gasteiger partial charge in [0, 0.05) is 11.1 Å². The van der Waals surface area contributed by atoms with Crippen LogP contribution in [0, 0.1) is 0 Å². The molecule has 0 atom stereocenters. The third-order valence-electron chi connectivity index (χ3n) is 4.18. The minimum absolute atomic E-state index is 0.219. The summed E-state index contributed by atoms with van der Waals surface area (Å²) in [5, 5.41) is 0. The summed E-state index contributed by atoms with van der Waals surface area (Å²) in [5.41, 5.74) is 1.89. The van der Waals surface area contributed by atoms with Gasteiger partial charge < -0.3 is 9.47 Å². The SMILES string of the molecule is COC(=O)c1ccc2c(c1)N(C(=O)CCl)C(=O)/C2=C(/OC)c1ccccc1. The third-order valence-corrected chi connectivity index (χ3v) is 4.41. The molecule has 2 aromatic rings. The van der Waals surface area contributed by atoms with Gasteiger partial charge in [0.15, 0.2) is 0 Å². The van der Waals surface area contributed by atoms with E-state index >= 15 is 0 Å². The van der Waals surface area contributed by atoms with Gasteiger partial charge in [-0.2, -0.15) is 0 Å². The van der Waals surface area contributed by atoms with E-state index in [1.807, 2.05) is 18.2 Å². The van der Waals surface area contributed by atoms with Crippen molar-refractivity contribution in [3.63, 3.8) is 0 Å². The minimum atomic E-state index is -0.594. The van der Waals surface area contributed by atoms with Crippen LogP contribution in [0.15, 0.2) is 48.5 Å². The van der Waals surface area contributed by atoms with Crippen molar-refractivity contribution in [1.82, 2.24) is 0 Å². The number of carbonyl (C=O) groups excluding carboxylic acids is 3. The van der Waals surface area contributed by atoms with E-state index in [0.717, 1.165) is 4.90 Å². The van der Waals surface area contributed by atoms with Crippen molar-refractivity contribution in [2.45, 2.75) is 0 Å². The number of methoxy groups -OCH3 is 2. The fourth-order valence-corrected chi connectivity index (χ4v) is 3.11. The van der Waals surface area contributed by atoms with Gasteiger partial charge in [0.05, 0.1) is 31.0 Å². The van der Waals surface area contributed by atoms with E-state index in [2.05, 4.69) is 0 Å². The van der Waals surface area contributed by atoms with Gasteiger partial charge in [-0.3, -0.25) is 9.59 Å². The second-order valence-electron chi connectivity index (χ2n) is 5.67. The largest absolute Gasteiger partial charge is 0.495 e. The van der Waals surface area contributed by atoms with Crippen LogP contribution in [0.1, 0.15) is 21.5 Å². The average Bonchev–Trinajstić information content (AvgIpc) is 2.99. The molecule has 0 N–H and O–H groups in total. The summed E-state index contributed by atoms with van der Waals surface area (Å²) in [7, 11) is 2.71. The van der Waals surface area contributed by atoms with Gasteiger partial charge in [-0.25, -0.2) is 9.69 Å². The molecule has 1 aliphatic rings. The van der Waals surface area contributed by atoms with Crippen molar-refractivity contribution < 1.29 is 23.9 Å². The maximum atomic E-state index is 13.1. The lowest BCUT2D eigenvalue weighted by molar-refractivity contribution is -0.122.